The van der Waals surface area contributed by atoms with E-state index in [0.717, 1.165) is 19.0 Å². The van der Waals surface area contributed by atoms with Crippen LogP contribution in [-0.4, -0.2) is 56.5 Å². The second-order valence-corrected chi connectivity index (χ2v) is 10.6. The van der Waals surface area contributed by atoms with Crippen LogP contribution in [0.15, 0.2) is 29.3 Å². The highest BCUT2D eigenvalue weighted by atomic mass is 32.2. The molecule has 0 bridgehead atoms. The Balaban J connectivity index is 1.89. The maximum Gasteiger partial charge on any atom is 0.191 e. The zero-order valence-electron chi connectivity index (χ0n) is 18.4. The average molecular weight is 423 g/mol. The van der Waals surface area contributed by atoms with Gasteiger partial charge in [0.05, 0.1) is 12.3 Å². The topological polar surface area (TPSA) is 73.8 Å². The molecule has 164 valence electrons. The largest absolute Gasteiger partial charge is 0.357 e. The summed E-state index contributed by atoms with van der Waals surface area (Å²) in [6.07, 6.45) is 5.79. The van der Waals surface area contributed by atoms with Gasteiger partial charge in [-0.25, -0.2) is 13.4 Å². The van der Waals surface area contributed by atoms with Crippen molar-refractivity contribution in [3.05, 3.63) is 35.4 Å². The summed E-state index contributed by atoms with van der Waals surface area (Å²) in [4.78, 5) is 7.23. The number of likely N-dealkylation sites (tertiary alicyclic amines) is 1. The Hall–Kier alpha value is -1.60. The van der Waals surface area contributed by atoms with E-state index in [2.05, 4.69) is 51.7 Å². The smallest absolute Gasteiger partial charge is 0.191 e. The first-order valence-electron chi connectivity index (χ1n) is 10.8. The molecule has 6 nitrogen and oxygen atoms in total. The highest BCUT2D eigenvalue weighted by Crippen LogP contribution is 2.19. The van der Waals surface area contributed by atoms with Crippen molar-refractivity contribution in [1.82, 2.24) is 15.5 Å². The fourth-order valence-electron chi connectivity index (χ4n) is 3.56. The normalized spacial score (nSPS) is 19.7. The summed E-state index contributed by atoms with van der Waals surface area (Å²) in [5.41, 5.74) is 2.52. The first kappa shape index (κ1) is 23.7. The third-order valence-corrected chi connectivity index (χ3v) is 6.40. The standard InChI is InChI=1S/C22H38N4O2S/c1-5-23-22(25-18(2)13-15-29(4,27)28)24-16-20-9-11-21(12-10-20)17-26-14-7-6-8-19(26)3/h9-12,18-19H,5-8,13-17H2,1-4H3,(H2,23,24,25). The van der Waals surface area contributed by atoms with Crippen molar-refractivity contribution >= 4 is 15.8 Å². The molecule has 2 rings (SSSR count). The highest BCUT2D eigenvalue weighted by Gasteiger charge is 2.17. The Kier molecular flexibility index (Phi) is 9.43. The van der Waals surface area contributed by atoms with Crippen LogP contribution in [0.25, 0.3) is 0 Å². The van der Waals surface area contributed by atoms with Crippen LogP contribution in [0.1, 0.15) is 57.6 Å². The van der Waals surface area contributed by atoms with E-state index in [1.807, 2.05) is 13.8 Å². The van der Waals surface area contributed by atoms with Gasteiger partial charge in [0.15, 0.2) is 5.96 Å². The number of guanidine groups is 1. The fourth-order valence-corrected chi connectivity index (χ4v) is 4.35. The second-order valence-electron chi connectivity index (χ2n) is 8.29. The molecule has 0 saturated carbocycles. The van der Waals surface area contributed by atoms with Crippen molar-refractivity contribution in [1.29, 1.82) is 0 Å². The summed E-state index contributed by atoms with van der Waals surface area (Å²) in [6.45, 7) is 9.90. The molecule has 0 radical (unpaired) electrons. The number of rotatable bonds is 9. The van der Waals surface area contributed by atoms with Crippen LogP contribution in [0, 0.1) is 0 Å². The Morgan fingerprint density at radius 1 is 1.24 bits per heavy atom. The van der Waals surface area contributed by atoms with E-state index in [1.165, 1.54) is 43.2 Å². The van der Waals surface area contributed by atoms with Gasteiger partial charge in [-0.15, -0.1) is 0 Å². The summed E-state index contributed by atoms with van der Waals surface area (Å²) >= 11 is 0. The van der Waals surface area contributed by atoms with E-state index in [4.69, 9.17) is 0 Å². The number of hydrogen-bond donors (Lipinski definition) is 2. The van der Waals surface area contributed by atoms with E-state index in [9.17, 15) is 8.42 Å². The maximum absolute atomic E-state index is 11.4. The van der Waals surface area contributed by atoms with Crippen molar-refractivity contribution in [2.75, 3.05) is 25.1 Å². The van der Waals surface area contributed by atoms with Gasteiger partial charge in [0.1, 0.15) is 9.84 Å². The third-order valence-electron chi connectivity index (χ3n) is 5.42. The molecule has 1 aromatic carbocycles. The lowest BCUT2D eigenvalue weighted by molar-refractivity contribution is 0.152. The van der Waals surface area contributed by atoms with Gasteiger partial charge in [-0.05, 0) is 57.7 Å². The lowest BCUT2D eigenvalue weighted by Crippen LogP contribution is -2.42. The molecule has 2 N–H and O–H groups in total. The Bertz CT molecular complexity index is 747. The van der Waals surface area contributed by atoms with Crippen LogP contribution in [0.5, 0.6) is 0 Å². The molecule has 1 fully saturated rings. The number of nitrogens with zero attached hydrogens (tertiary/aromatic N) is 2. The number of aliphatic imine (C=N–C) groups is 1. The van der Waals surface area contributed by atoms with Crippen LogP contribution in [0.3, 0.4) is 0 Å². The zero-order chi connectivity index (χ0) is 21.3. The summed E-state index contributed by atoms with van der Waals surface area (Å²) in [5, 5.41) is 6.53. The summed E-state index contributed by atoms with van der Waals surface area (Å²) in [5.74, 6) is 0.900. The van der Waals surface area contributed by atoms with Gasteiger partial charge in [0.2, 0.25) is 0 Å². The van der Waals surface area contributed by atoms with Gasteiger partial charge < -0.3 is 10.6 Å². The number of hydrogen-bond acceptors (Lipinski definition) is 4. The SMILES string of the molecule is CCNC(=NCc1ccc(CN2CCCCC2C)cc1)NC(C)CCS(C)(=O)=O. The van der Waals surface area contributed by atoms with Crippen molar-refractivity contribution < 1.29 is 8.42 Å². The predicted molar refractivity (Wildman–Crippen MR) is 122 cm³/mol. The Labute approximate surface area is 177 Å². The van der Waals surface area contributed by atoms with E-state index in [-0.39, 0.29) is 11.8 Å². The fraction of sp³-hybridized carbons (Fsp3) is 0.682. The minimum atomic E-state index is -2.94. The molecule has 7 heteroatoms. The van der Waals surface area contributed by atoms with Gasteiger partial charge in [0.25, 0.3) is 0 Å². The molecule has 1 aromatic rings. The van der Waals surface area contributed by atoms with E-state index < -0.39 is 9.84 Å². The second kappa shape index (κ2) is 11.6. The maximum atomic E-state index is 11.4. The van der Waals surface area contributed by atoms with Crippen LogP contribution in [0.4, 0.5) is 0 Å². The quantitative estimate of drug-likeness (QED) is 0.473. The molecule has 0 spiro atoms. The monoisotopic (exact) mass is 422 g/mol. The first-order valence-corrected chi connectivity index (χ1v) is 12.9. The molecular weight excluding hydrogens is 384 g/mol. The lowest BCUT2D eigenvalue weighted by atomic mass is 10.0. The molecule has 1 saturated heterocycles. The molecule has 0 aromatic heterocycles. The third kappa shape index (κ3) is 9.17. The molecule has 2 atom stereocenters. The molecule has 29 heavy (non-hydrogen) atoms. The molecule has 1 heterocycles. The molecule has 1 aliphatic heterocycles. The minimum absolute atomic E-state index is 0.0384. The summed E-state index contributed by atoms with van der Waals surface area (Å²) in [7, 11) is -2.94. The van der Waals surface area contributed by atoms with Crippen LogP contribution in [0.2, 0.25) is 0 Å². The van der Waals surface area contributed by atoms with Crippen LogP contribution >= 0.6 is 0 Å². The molecule has 0 aliphatic carbocycles. The zero-order valence-corrected chi connectivity index (χ0v) is 19.3. The molecular formula is C22H38N4O2S. The Morgan fingerprint density at radius 3 is 2.55 bits per heavy atom. The summed E-state index contributed by atoms with van der Waals surface area (Å²) < 4.78 is 22.7. The van der Waals surface area contributed by atoms with Gasteiger partial charge in [-0.2, -0.15) is 0 Å². The summed E-state index contributed by atoms with van der Waals surface area (Å²) in [6, 6.07) is 9.44. The van der Waals surface area contributed by atoms with Gasteiger partial charge >= 0.3 is 0 Å². The van der Waals surface area contributed by atoms with Crippen molar-refractivity contribution in [2.45, 2.75) is 71.6 Å². The van der Waals surface area contributed by atoms with Crippen LogP contribution in [-0.2, 0) is 22.9 Å². The molecule has 1 aliphatic rings. The van der Waals surface area contributed by atoms with Crippen molar-refractivity contribution in [2.24, 2.45) is 4.99 Å². The predicted octanol–water partition coefficient (Wildman–Crippen LogP) is 2.94. The van der Waals surface area contributed by atoms with Gasteiger partial charge in [-0.1, -0.05) is 30.7 Å². The lowest BCUT2D eigenvalue weighted by Gasteiger charge is -2.33. The van der Waals surface area contributed by atoms with E-state index in [1.54, 1.807) is 0 Å². The average Bonchev–Trinajstić information content (AvgIpc) is 2.67. The van der Waals surface area contributed by atoms with Gasteiger partial charge in [0, 0.05) is 31.4 Å². The van der Waals surface area contributed by atoms with Crippen LogP contribution < -0.4 is 10.6 Å². The van der Waals surface area contributed by atoms with Crippen molar-refractivity contribution in [3.8, 4) is 0 Å². The number of piperidine rings is 1. The number of nitrogens with one attached hydrogen (secondary N) is 2. The van der Waals surface area contributed by atoms with Crippen molar-refractivity contribution in [3.63, 3.8) is 0 Å². The first-order chi connectivity index (χ1) is 13.8. The molecule has 0 amide bonds. The highest BCUT2D eigenvalue weighted by molar-refractivity contribution is 7.90. The van der Waals surface area contributed by atoms with E-state index in [0.29, 0.717) is 19.0 Å². The molecule has 2 unspecified atom stereocenters. The Morgan fingerprint density at radius 2 is 1.93 bits per heavy atom. The number of sulfone groups is 1. The number of benzene rings is 1. The van der Waals surface area contributed by atoms with Gasteiger partial charge in [-0.3, -0.25) is 4.90 Å². The van der Waals surface area contributed by atoms with E-state index >= 15 is 0 Å². The minimum Gasteiger partial charge on any atom is -0.357 e.